The number of benzene rings is 1. The van der Waals surface area contributed by atoms with Crippen molar-refractivity contribution in [2.75, 3.05) is 26.2 Å². The lowest BCUT2D eigenvalue weighted by Crippen LogP contribution is -2.48. The maximum absolute atomic E-state index is 12.0. The molecule has 2 N–H and O–H groups in total. The van der Waals surface area contributed by atoms with Gasteiger partial charge < -0.3 is 15.4 Å². The van der Waals surface area contributed by atoms with E-state index in [1.165, 1.54) is 5.56 Å². The highest BCUT2D eigenvalue weighted by Crippen LogP contribution is 2.35. The third-order valence-electron chi connectivity index (χ3n) is 4.47. The molecule has 1 aromatic carbocycles. The van der Waals surface area contributed by atoms with E-state index in [-0.39, 0.29) is 23.3 Å². The van der Waals surface area contributed by atoms with Crippen molar-refractivity contribution in [1.82, 2.24) is 10.6 Å². The molecule has 134 valence electrons. The lowest BCUT2D eigenvalue weighted by atomic mass is 9.80. The Kier molecular flexibility index (Phi) is 5.59. The fraction of sp³-hybridized carbons (Fsp3) is 0.650. The van der Waals surface area contributed by atoms with Crippen LogP contribution in [0.25, 0.3) is 0 Å². The number of carbonyl (C=O) groups excluding carboxylic acids is 1. The summed E-state index contributed by atoms with van der Waals surface area (Å²) in [6, 6.07) is 6.32. The smallest absolute Gasteiger partial charge is 0.257 e. The van der Waals surface area contributed by atoms with Gasteiger partial charge in [0.25, 0.3) is 5.91 Å². The van der Waals surface area contributed by atoms with Gasteiger partial charge in [-0.05, 0) is 28.0 Å². The largest absolute Gasteiger partial charge is 0.483 e. The van der Waals surface area contributed by atoms with E-state index in [0.717, 1.165) is 30.9 Å². The minimum atomic E-state index is -0.0540. The molecule has 0 unspecified atom stereocenters. The van der Waals surface area contributed by atoms with Crippen LogP contribution in [0.2, 0.25) is 0 Å². The van der Waals surface area contributed by atoms with Crippen LogP contribution in [0.15, 0.2) is 18.2 Å². The second-order valence-corrected chi connectivity index (χ2v) is 8.83. The van der Waals surface area contributed by atoms with Crippen LogP contribution in [0, 0.1) is 5.92 Å². The van der Waals surface area contributed by atoms with Gasteiger partial charge in [0.1, 0.15) is 5.75 Å². The molecule has 0 aromatic heterocycles. The van der Waals surface area contributed by atoms with Gasteiger partial charge in [-0.1, -0.05) is 53.7 Å². The molecule has 0 saturated carbocycles. The van der Waals surface area contributed by atoms with Crippen LogP contribution in [0.1, 0.15) is 52.7 Å². The molecule has 1 aliphatic rings. The Morgan fingerprint density at radius 1 is 1.17 bits per heavy atom. The Labute approximate surface area is 146 Å². The normalized spacial score (nSPS) is 15.8. The first-order chi connectivity index (χ1) is 11.1. The van der Waals surface area contributed by atoms with Crippen LogP contribution in [-0.4, -0.2) is 32.1 Å². The summed E-state index contributed by atoms with van der Waals surface area (Å²) < 4.78 is 5.85. The molecule has 1 heterocycles. The van der Waals surface area contributed by atoms with Gasteiger partial charge in [0, 0.05) is 25.6 Å². The van der Waals surface area contributed by atoms with E-state index < -0.39 is 0 Å². The van der Waals surface area contributed by atoms with E-state index in [0.29, 0.717) is 5.92 Å². The lowest BCUT2D eigenvalue weighted by molar-refractivity contribution is -0.123. The number of ether oxygens (including phenoxy) is 1. The van der Waals surface area contributed by atoms with Crippen molar-refractivity contribution in [3.05, 3.63) is 29.3 Å². The second-order valence-electron chi connectivity index (χ2n) is 8.83. The highest BCUT2D eigenvalue weighted by Gasteiger charge is 2.23. The minimum absolute atomic E-state index is 0.0370. The number of carbonyl (C=O) groups is 1. The lowest BCUT2D eigenvalue weighted by Gasteiger charge is -2.28. The van der Waals surface area contributed by atoms with Crippen molar-refractivity contribution < 1.29 is 9.53 Å². The summed E-state index contributed by atoms with van der Waals surface area (Å²) >= 11 is 0. The zero-order valence-electron chi connectivity index (χ0n) is 16.0. The Bertz CT molecular complexity index is 578. The summed E-state index contributed by atoms with van der Waals surface area (Å²) in [6.45, 7) is 15.9. The van der Waals surface area contributed by atoms with Crippen molar-refractivity contribution in [3.8, 4) is 5.75 Å². The van der Waals surface area contributed by atoms with Gasteiger partial charge in [-0.2, -0.15) is 0 Å². The van der Waals surface area contributed by atoms with Crippen molar-refractivity contribution in [2.45, 2.75) is 52.4 Å². The number of rotatable bonds is 5. The Balaban J connectivity index is 2.04. The van der Waals surface area contributed by atoms with E-state index in [2.05, 4.69) is 64.3 Å². The summed E-state index contributed by atoms with van der Waals surface area (Å²) in [7, 11) is 0. The van der Waals surface area contributed by atoms with Gasteiger partial charge in [-0.25, -0.2) is 0 Å². The van der Waals surface area contributed by atoms with E-state index in [4.69, 9.17) is 4.74 Å². The number of hydrogen-bond acceptors (Lipinski definition) is 3. The highest BCUT2D eigenvalue weighted by atomic mass is 16.5. The number of nitrogens with one attached hydrogen (secondary N) is 2. The third-order valence-corrected chi connectivity index (χ3v) is 4.47. The predicted molar refractivity (Wildman–Crippen MR) is 98.7 cm³/mol. The summed E-state index contributed by atoms with van der Waals surface area (Å²) in [5.41, 5.74) is 2.48. The first kappa shape index (κ1) is 18.8. The van der Waals surface area contributed by atoms with E-state index in [1.807, 2.05) is 6.07 Å². The molecule has 1 aliphatic heterocycles. The van der Waals surface area contributed by atoms with Gasteiger partial charge in [0.15, 0.2) is 6.61 Å². The van der Waals surface area contributed by atoms with Crippen molar-refractivity contribution in [3.63, 3.8) is 0 Å². The summed E-state index contributed by atoms with van der Waals surface area (Å²) in [4.78, 5) is 12.0. The third kappa shape index (κ3) is 4.97. The minimum Gasteiger partial charge on any atom is -0.483 e. The zero-order valence-corrected chi connectivity index (χ0v) is 16.0. The standard InChI is InChI=1S/C20H32N2O2/c1-19(2,3)15-7-8-17(16(9-15)20(4,5)6)24-13-18(23)22-12-14-10-21-11-14/h7-9,14,21H,10-13H2,1-6H3,(H,22,23). The number of hydrogen-bond donors (Lipinski definition) is 2. The summed E-state index contributed by atoms with van der Waals surface area (Å²) in [6.07, 6.45) is 0. The zero-order chi connectivity index (χ0) is 18.0. The van der Waals surface area contributed by atoms with Gasteiger partial charge in [-0.3, -0.25) is 4.79 Å². The van der Waals surface area contributed by atoms with Crippen LogP contribution in [0.4, 0.5) is 0 Å². The predicted octanol–water partition coefficient (Wildman–Crippen LogP) is 3.00. The SMILES string of the molecule is CC(C)(C)c1ccc(OCC(=O)NCC2CNC2)c(C(C)(C)C)c1. The molecule has 0 aliphatic carbocycles. The van der Waals surface area contributed by atoms with Crippen molar-refractivity contribution in [2.24, 2.45) is 5.92 Å². The van der Waals surface area contributed by atoms with Gasteiger partial charge >= 0.3 is 0 Å². The fourth-order valence-electron chi connectivity index (χ4n) is 2.65. The number of amides is 1. The molecule has 1 amide bonds. The molecular formula is C20H32N2O2. The Hall–Kier alpha value is -1.55. The monoisotopic (exact) mass is 332 g/mol. The quantitative estimate of drug-likeness (QED) is 0.871. The van der Waals surface area contributed by atoms with Crippen LogP contribution >= 0.6 is 0 Å². The molecule has 4 nitrogen and oxygen atoms in total. The van der Waals surface area contributed by atoms with Crippen LogP contribution in [0.5, 0.6) is 5.75 Å². The fourth-order valence-corrected chi connectivity index (χ4v) is 2.65. The molecular weight excluding hydrogens is 300 g/mol. The summed E-state index contributed by atoms with van der Waals surface area (Å²) in [5.74, 6) is 1.31. The molecule has 0 atom stereocenters. The molecule has 0 radical (unpaired) electrons. The van der Waals surface area contributed by atoms with Crippen molar-refractivity contribution >= 4 is 5.91 Å². The molecule has 1 fully saturated rings. The molecule has 1 saturated heterocycles. The molecule has 0 spiro atoms. The topological polar surface area (TPSA) is 50.4 Å². The van der Waals surface area contributed by atoms with E-state index in [1.54, 1.807) is 0 Å². The van der Waals surface area contributed by atoms with Crippen LogP contribution in [0.3, 0.4) is 0 Å². The average molecular weight is 332 g/mol. The van der Waals surface area contributed by atoms with E-state index >= 15 is 0 Å². The van der Waals surface area contributed by atoms with Gasteiger partial charge in [0.2, 0.25) is 0 Å². The first-order valence-corrected chi connectivity index (χ1v) is 8.82. The molecule has 1 aromatic rings. The highest BCUT2D eigenvalue weighted by molar-refractivity contribution is 5.77. The summed E-state index contributed by atoms with van der Waals surface area (Å²) in [5, 5.41) is 6.15. The molecule has 0 bridgehead atoms. The maximum atomic E-state index is 12.0. The molecule has 24 heavy (non-hydrogen) atoms. The second kappa shape index (κ2) is 7.14. The van der Waals surface area contributed by atoms with Gasteiger partial charge in [0.05, 0.1) is 0 Å². The molecule has 4 heteroatoms. The van der Waals surface area contributed by atoms with Gasteiger partial charge in [-0.15, -0.1) is 0 Å². The van der Waals surface area contributed by atoms with E-state index in [9.17, 15) is 4.79 Å². The van der Waals surface area contributed by atoms with Crippen LogP contribution < -0.4 is 15.4 Å². The van der Waals surface area contributed by atoms with Crippen molar-refractivity contribution in [1.29, 1.82) is 0 Å². The van der Waals surface area contributed by atoms with Crippen LogP contribution in [-0.2, 0) is 15.6 Å². The average Bonchev–Trinajstić information content (AvgIpc) is 2.41. The Morgan fingerprint density at radius 2 is 1.83 bits per heavy atom. The Morgan fingerprint density at radius 3 is 2.33 bits per heavy atom. The first-order valence-electron chi connectivity index (χ1n) is 8.82. The molecule has 2 rings (SSSR count). The maximum Gasteiger partial charge on any atom is 0.257 e.